The molecule has 1 saturated carbocycles. The molecule has 3 rings (SSSR count). The Labute approximate surface area is 111 Å². The highest BCUT2D eigenvalue weighted by molar-refractivity contribution is 5.94. The van der Waals surface area contributed by atoms with E-state index in [1.807, 2.05) is 18.2 Å². The molecule has 1 unspecified atom stereocenters. The third-order valence-corrected chi connectivity index (χ3v) is 3.40. The van der Waals surface area contributed by atoms with Gasteiger partial charge in [-0.25, -0.2) is 4.98 Å². The number of hydrogen-bond acceptors (Lipinski definition) is 4. The van der Waals surface area contributed by atoms with Crippen LogP contribution in [0.4, 0.5) is 5.69 Å². The molecule has 19 heavy (non-hydrogen) atoms. The summed E-state index contributed by atoms with van der Waals surface area (Å²) in [7, 11) is 0. The second kappa shape index (κ2) is 4.66. The number of nitrogens with two attached hydrogens (primary N) is 1. The standard InChI is InChI=1S/C14H17N3O2/c1-8(7-15)13(18)16-10-4-5-11-12(6-10)19-14(17-11)9-2-3-9/h4-6,8-9H,2-3,7,15H2,1H3,(H,16,18). The van der Waals surface area contributed by atoms with Crippen molar-refractivity contribution in [1.82, 2.24) is 4.98 Å². The van der Waals surface area contributed by atoms with E-state index in [1.165, 1.54) is 0 Å². The van der Waals surface area contributed by atoms with Gasteiger partial charge >= 0.3 is 0 Å². The first-order valence-electron chi connectivity index (χ1n) is 6.59. The Balaban J connectivity index is 1.82. The largest absolute Gasteiger partial charge is 0.440 e. The summed E-state index contributed by atoms with van der Waals surface area (Å²) < 4.78 is 5.71. The molecule has 1 atom stereocenters. The topological polar surface area (TPSA) is 81.2 Å². The van der Waals surface area contributed by atoms with Crippen molar-refractivity contribution in [2.45, 2.75) is 25.7 Å². The molecule has 1 fully saturated rings. The molecule has 0 bridgehead atoms. The van der Waals surface area contributed by atoms with Gasteiger partial charge in [0.2, 0.25) is 5.91 Å². The zero-order valence-corrected chi connectivity index (χ0v) is 10.8. The van der Waals surface area contributed by atoms with Crippen LogP contribution in [-0.2, 0) is 4.79 Å². The smallest absolute Gasteiger partial charge is 0.228 e. The summed E-state index contributed by atoms with van der Waals surface area (Å²) in [6.45, 7) is 2.13. The van der Waals surface area contributed by atoms with Gasteiger partial charge in [-0.05, 0) is 25.0 Å². The average molecular weight is 259 g/mol. The van der Waals surface area contributed by atoms with Crippen LogP contribution in [0.2, 0.25) is 0 Å². The van der Waals surface area contributed by atoms with E-state index in [-0.39, 0.29) is 11.8 Å². The summed E-state index contributed by atoms with van der Waals surface area (Å²) in [6.07, 6.45) is 2.31. The predicted molar refractivity (Wildman–Crippen MR) is 72.8 cm³/mol. The number of carbonyl (C=O) groups excluding carboxylic acids is 1. The molecular formula is C14H17N3O2. The summed E-state index contributed by atoms with van der Waals surface area (Å²) in [6, 6.07) is 5.52. The number of carbonyl (C=O) groups is 1. The lowest BCUT2D eigenvalue weighted by molar-refractivity contribution is -0.119. The third kappa shape index (κ3) is 2.46. The van der Waals surface area contributed by atoms with Gasteiger partial charge in [-0.15, -0.1) is 0 Å². The molecule has 0 aliphatic heterocycles. The number of anilines is 1. The lowest BCUT2D eigenvalue weighted by atomic mass is 10.1. The van der Waals surface area contributed by atoms with Crippen LogP contribution in [0.15, 0.2) is 22.6 Å². The molecule has 2 aromatic rings. The van der Waals surface area contributed by atoms with Crippen molar-refractivity contribution in [2.24, 2.45) is 11.7 Å². The van der Waals surface area contributed by atoms with Crippen LogP contribution in [0.5, 0.6) is 0 Å². The van der Waals surface area contributed by atoms with E-state index in [2.05, 4.69) is 10.3 Å². The monoisotopic (exact) mass is 259 g/mol. The molecule has 1 aliphatic rings. The lowest BCUT2D eigenvalue weighted by Crippen LogP contribution is -2.26. The second-order valence-corrected chi connectivity index (χ2v) is 5.13. The molecule has 0 spiro atoms. The fourth-order valence-corrected chi connectivity index (χ4v) is 1.90. The number of rotatable bonds is 4. The van der Waals surface area contributed by atoms with Crippen LogP contribution >= 0.6 is 0 Å². The summed E-state index contributed by atoms with van der Waals surface area (Å²) >= 11 is 0. The number of amides is 1. The molecule has 0 radical (unpaired) electrons. The maximum atomic E-state index is 11.8. The van der Waals surface area contributed by atoms with Crippen LogP contribution in [0.3, 0.4) is 0 Å². The van der Waals surface area contributed by atoms with Crippen molar-refractivity contribution in [3.8, 4) is 0 Å². The number of benzene rings is 1. The van der Waals surface area contributed by atoms with Crippen molar-refractivity contribution in [2.75, 3.05) is 11.9 Å². The molecule has 1 aliphatic carbocycles. The number of hydrogen-bond donors (Lipinski definition) is 2. The Kier molecular flexibility index (Phi) is 2.98. The summed E-state index contributed by atoms with van der Waals surface area (Å²) in [4.78, 5) is 16.2. The minimum absolute atomic E-state index is 0.0798. The van der Waals surface area contributed by atoms with Crippen LogP contribution in [-0.4, -0.2) is 17.4 Å². The van der Waals surface area contributed by atoms with Gasteiger partial charge in [-0.1, -0.05) is 6.92 Å². The summed E-state index contributed by atoms with van der Waals surface area (Å²) in [5, 5.41) is 2.83. The van der Waals surface area contributed by atoms with E-state index in [4.69, 9.17) is 10.2 Å². The van der Waals surface area contributed by atoms with E-state index >= 15 is 0 Å². The van der Waals surface area contributed by atoms with Crippen molar-refractivity contribution in [3.05, 3.63) is 24.1 Å². The van der Waals surface area contributed by atoms with Crippen LogP contribution in [0, 0.1) is 5.92 Å². The van der Waals surface area contributed by atoms with Crippen molar-refractivity contribution < 1.29 is 9.21 Å². The van der Waals surface area contributed by atoms with E-state index in [9.17, 15) is 4.79 Å². The maximum absolute atomic E-state index is 11.8. The highest BCUT2D eigenvalue weighted by Gasteiger charge is 2.28. The van der Waals surface area contributed by atoms with Gasteiger partial charge in [0.05, 0.1) is 0 Å². The van der Waals surface area contributed by atoms with E-state index < -0.39 is 0 Å². The molecule has 1 aromatic carbocycles. The Morgan fingerprint density at radius 1 is 1.58 bits per heavy atom. The molecule has 3 N–H and O–H groups in total. The van der Waals surface area contributed by atoms with Gasteiger partial charge in [0.1, 0.15) is 5.52 Å². The first-order chi connectivity index (χ1) is 9.17. The van der Waals surface area contributed by atoms with Crippen molar-refractivity contribution >= 4 is 22.7 Å². The number of nitrogens with one attached hydrogen (secondary N) is 1. The minimum atomic E-state index is -0.201. The number of nitrogens with zero attached hydrogens (tertiary/aromatic N) is 1. The van der Waals surface area contributed by atoms with Crippen LogP contribution in [0.25, 0.3) is 11.1 Å². The summed E-state index contributed by atoms with van der Waals surface area (Å²) in [5.41, 5.74) is 7.75. The van der Waals surface area contributed by atoms with Crippen molar-refractivity contribution in [3.63, 3.8) is 0 Å². The SMILES string of the molecule is CC(CN)C(=O)Nc1ccc2nc(C3CC3)oc2c1. The van der Waals surface area contributed by atoms with Crippen molar-refractivity contribution in [1.29, 1.82) is 0 Å². The van der Waals surface area contributed by atoms with E-state index in [0.717, 1.165) is 35.5 Å². The normalized spacial score (nSPS) is 16.5. The summed E-state index contributed by atoms with van der Waals surface area (Å²) in [5.74, 6) is 1.02. The molecule has 1 heterocycles. The van der Waals surface area contributed by atoms with Crippen LogP contribution < -0.4 is 11.1 Å². The first-order valence-corrected chi connectivity index (χ1v) is 6.59. The predicted octanol–water partition coefficient (Wildman–Crippen LogP) is 2.24. The lowest BCUT2D eigenvalue weighted by Gasteiger charge is -2.09. The molecule has 1 aromatic heterocycles. The zero-order chi connectivity index (χ0) is 13.4. The Hall–Kier alpha value is -1.88. The zero-order valence-electron chi connectivity index (χ0n) is 10.8. The first kappa shape index (κ1) is 12.2. The fourth-order valence-electron chi connectivity index (χ4n) is 1.90. The number of oxazole rings is 1. The quantitative estimate of drug-likeness (QED) is 0.882. The molecule has 1 amide bonds. The van der Waals surface area contributed by atoms with E-state index in [0.29, 0.717) is 12.5 Å². The van der Waals surface area contributed by atoms with E-state index in [1.54, 1.807) is 6.92 Å². The second-order valence-electron chi connectivity index (χ2n) is 5.13. The molecule has 5 heteroatoms. The van der Waals surface area contributed by atoms with Gasteiger partial charge < -0.3 is 15.5 Å². The Bertz CT molecular complexity index is 616. The Morgan fingerprint density at radius 3 is 3.05 bits per heavy atom. The maximum Gasteiger partial charge on any atom is 0.228 e. The average Bonchev–Trinajstić information content (AvgIpc) is 3.17. The van der Waals surface area contributed by atoms with Gasteiger partial charge in [0, 0.05) is 30.1 Å². The number of aromatic nitrogens is 1. The molecular weight excluding hydrogens is 242 g/mol. The van der Waals surface area contributed by atoms with Crippen LogP contribution in [0.1, 0.15) is 31.6 Å². The molecule has 100 valence electrons. The highest BCUT2D eigenvalue weighted by atomic mass is 16.3. The van der Waals surface area contributed by atoms with Gasteiger partial charge in [0.15, 0.2) is 11.5 Å². The van der Waals surface area contributed by atoms with Gasteiger partial charge in [0.25, 0.3) is 0 Å². The molecule has 0 saturated heterocycles. The highest BCUT2D eigenvalue weighted by Crippen LogP contribution is 2.40. The molecule has 5 nitrogen and oxygen atoms in total. The number of fused-ring (bicyclic) bond motifs is 1. The Morgan fingerprint density at radius 2 is 2.37 bits per heavy atom. The fraction of sp³-hybridized carbons (Fsp3) is 0.429. The minimum Gasteiger partial charge on any atom is -0.440 e. The van der Waals surface area contributed by atoms with Gasteiger partial charge in [-0.2, -0.15) is 0 Å². The van der Waals surface area contributed by atoms with Gasteiger partial charge in [-0.3, -0.25) is 4.79 Å². The third-order valence-electron chi connectivity index (χ3n) is 3.40.